The van der Waals surface area contributed by atoms with Gasteiger partial charge in [-0.3, -0.25) is 4.79 Å². The predicted octanol–water partition coefficient (Wildman–Crippen LogP) is 5.78. The molecule has 5 rings (SSSR count). The molecule has 1 aromatic carbocycles. The second kappa shape index (κ2) is 8.62. The monoisotopic (exact) mass is 451 g/mol. The van der Waals surface area contributed by atoms with Crippen molar-refractivity contribution in [3.8, 4) is 0 Å². The van der Waals surface area contributed by atoms with E-state index < -0.39 is 5.92 Å². The number of halogens is 1. The van der Waals surface area contributed by atoms with E-state index in [4.69, 9.17) is 20.8 Å². The van der Waals surface area contributed by atoms with Gasteiger partial charge in [-0.1, -0.05) is 29.8 Å². The van der Waals surface area contributed by atoms with Crippen LogP contribution in [0.4, 0.5) is 0 Å². The van der Waals surface area contributed by atoms with E-state index in [1.165, 1.54) is 0 Å². The zero-order chi connectivity index (χ0) is 22.2. The highest BCUT2D eigenvalue weighted by Gasteiger charge is 2.43. The number of furan rings is 1. The Kier molecular flexibility index (Phi) is 5.68. The number of dihydropyridines is 1. The van der Waals surface area contributed by atoms with Crippen molar-refractivity contribution in [2.75, 3.05) is 0 Å². The van der Waals surface area contributed by atoms with Crippen LogP contribution in [0.25, 0.3) is 0 Å². The van der Waals surface area contributed by atoms with Gasteiger partial charge >= 0.3 is 5.97 Å². The van der Waals surface area contributed by atoms with Crippen molar-refractivity contribution in [3.63, 3.8) is 0 Å². The second-order valence-electron chi connectivity index (χ2n) is 8.87. The van der Waals surface area contributed by atoms with Gasteiger partial charge in [-0.15, -0.1) is 0 Å². The Morgan fingerprint density at radius 2 is 1.91 bits per heavy atom. The number of esters is 1. The van der Waals surface area contributed by atoms with Gasteiger partial charge < -0.3 is 14.5 Å². The minimum atomic E-state index is -0.543. The number of nitrogens with one attached hydrogen (secondary N) is 1. The lowest BCUT2D eigenvalue weighted by Crippen LogP contribution is -2.36. The second-order valence-corrected chi connectivity index (χ2v) is 9.27. The first-order valence-corrected chi connectivity index (χ1v) is 11.6. The van der Waals surface area contributed by atoms with E-state index in [0.717, 1.165) is 42.7 Å². The van der Waals surface area contributed by atoms with Gasteiger partial charge in [-0.2, -0.15) is 0 Å². The summed E-state index contributed by atoms with van der Waals surface area (Å²) in [5.41, 5.74) is 3.40. The Labute approximate surface area is 192 Å². The Bertz CT molecular complexity index is 1110. The van der Waals surface area contributed by atoms with Gasteiger partial charge in [0.25, 0.3) is 0 Å². The Hall–Kier alpha value is -2.79. The number of carbonyl (C=O) groups excluding carboxylic acids is 2. The summed E-state index contributed by atoms with van der Waals surface area (Å²) >= 11 is 6.59. The molecule has 0 unspecified atom stereocenters. The van der Waals surface area contributed by atoms with Crippen molar-refractivity contribution in [2.24, 2.45) is 0 Å². The third-order valence-corrected chi connectivity index (χ3v) is 7.13. The van der Waals surface area contributed by atoms with Gasteiger partial charge in [-0.05, 0) is 62.8 Å². The van der Waals surface area contributed by atoms with Crippen LogP contribution in [0.15, 0.2) is 69.6 Å². The molecule has 2 heterocycles. The molecule has 32 heavy (non-hydrogen) atoms. The first kappa shape index (κ1) is 21.1. The van der Waals surface area contributed by atoms with Gasteiger partial charge in [0.15, 0.2) is 5.78 Å². The number of rotatable bonds is 4. The summed E-state index contributed by atoms with van der Waals surface area (Å²) in [6.45, 7) is 1.87. The first-order valence-electron chi connectivity index (χ1n) is 11.3. The molecular formula is C26H26ClNO4. The van der Waals surface area contributed by atoms with Crippen molar-refractivity contribution >= 4 is 23.4 Å². The summed E-state index contributed by atoms with van der Waals surface area (Å²) in [5, 5.41) is 3.90. The lowest BCUT2D eigenvalue weighted by atomic mass is 9.72. The smallest absolute Gasteiger partial charge is 0.337 e. The topological polar surface area (TPSA) is 68.5 Å². The molecule has 166 valence electrons. The highest BCUT2D eigenvalue weighted by Crippen LogP contribution is 2.47. The van der Waals surface area contributed by atoms with E-state index in [0.29, 0.717) is 34.7 Å². The maximum atomic E-state index is 13.5. The lowest BCUT2D eigenvalue weighted by Gasteiger charge is -2.36. The molecule has 2 aromatic rings. The van der Waals surface area contributed by atoms with Crippen LogP contribution in [0.5, 0.6) is 0 Å². The van der Waals surface area contributed by atoms with Crippen LogP contribution >= 0.6 is 11.6 Å². The average Bonchev–Trinajstić information content (AvgIpc) is 3.47. The van der Waals surface area contributed by atoms with Crippen LogP contribution in [0.3, 0.4) is 0 Å². The summed E-state index contributed by atoms with van der Waals surface area (Å²) < 4.78 is 11.5. The minimum absolute atomic E-state index is 0.00346. The fourth-order valence-electron chi connectivity index (χ4n) is 5.28. The molecule has 0 radical (unpaired) electrons. The van der Waals surface area contributed by atoms with Crippen molar-refractivity contribution in [1.82, 2.24) is 5.32 Å². The fraction of sp³-hybridized carbons (Fsp3) is 0.385. The molecule has 1 N–H and O–H groups in total. The number of benzene rings is 1. The van der Waals surface area contributed by atoms with E-state index in [9.17, 15) is 9.59 Å². The first-order chi connectivity index (χ1) is 15.5. The van der Waals surface area contributed by atoms with Crippen LogP contribution in [-0.2, 0) is 14.3 Å². The quantitative estimate of drug-likeness (QED) is 0.596. The highest BCUT2D eigenvalue weighted by atomic mass is 35.5. The van der Waals surface area contributed by atoms with E-state index in [1.807, 2.05) is 37.3 Å². The largest absolute Gasteiger partial charge is 0.469 e. The summed E-state index contributed by atoms with van der Waals surface area (Å²) in [6, 6.07) is 11.2. The maximum absolute atomic E-state index is 13.5. The third kappa shape index (κ3) is 3.79. The molecule has 1 saturated carbocycles. The van der Waals surface area contributed by atoms with Gasteiger partial charge in [0.2, 0.25) is 0 Å². The number of ether oxygens (including phenoxy) is 1. The number of ketones is 1. The van der Waals surface area contributed by atoms with Gasteiger partial charge in [0, 0.05) is 40.2 Å². The normalized spacial score (nSPS) is 23.9. The SMILES string of the molecule is CC1=C(C(=O)OC2CCCC2)[C@@H](c2ccccc2Cl)C2=C(C[C@H](c3ccco3)CC2=O)N1. The molecule has 5 nitrogen and oxygen atoms in total. The van der Waals surface area contributed by atoms with Crippen LogP contribution in [-0.4, -0.2) is 17.9 Å². The zero-order valence-corrected chi connectivity index (χ0v) is 18.8. The molecule has 6 heteroatoms. The number of carbonyl (C=O) groups is 2. The Morgan fingerprint density at radius 3 is 2.62 bits per heavy atom. The van der Waals surface area contributed by atoms with E-state index in [1.54, 1.807) is 12.3 Å². The van der Waals surface area contributed by atoms with E-state index >= 15 is 0 Å². The number of hydrogen-bond acceptors (Lipinski definition) is 5. The molecule has 0 saturated heterocycles. The Balaban J connectivity index is 1.56. The molecule has 1 aromatic heterocycles. The molecule has 1 aliphatic heterocycles. The molecule has 3 aliphatic rings. The van der Waals surface area contributed by atoms with Gasteiger partial charge in [-0.25, -0.2) is 4.79 Å². The summed E-state index contributed by atoms with van der Waals surface area (Å²) in [6.07, 6.45) is 6.47. The average molecular weight is 452 g/mol. The third-order valence-electron chi connectivity index (χ3n) is 6.79. The highest BCUT2D eigenvalue weighted by molar-refractivity contribution is 6.31. The number of allylic oxidation sites excluding steroid dienone is 3. The summed E-state index contributed by atoms with van der Waals surface area (Å²) in [4.78, 5) is 26.9. The molecular weight excluding hydrogens is 426 g/mol. The predicted molar refractivity (Wildman–Crippen MR) is 121 cm³/mol. The van der Waals surface area contributed by atoms with Crippen LogP contribution in [0.2, 0.25) is 5.02 Å². The number of Topliss-reactive ketones (excluding diaryl/α,β-unsaturated/α-hetero) is 1. The van der Waals surface area contributed by atoms with Crippen molar-refractivity contribution in [3.05, 3.63) is 81.5 Å². The zero-order valence-electron chi connectivity index (χ0n) is 18.0. The van der Waals surface area contributed by atoms with Gasteiger partial charge in [0.05, 0.1) is 11.8 Å². The lowest BCUT2D eigenvalue weighted by molar-refractivity contribution is -0.144. The number of hydrogen-bond donors (Lipinski definition) is 1. The maximum Gasteiger partial charge on any atom is 0.337 e. The van der Waals surface area contributed by atoms with Crippen molar-refractivity contribution in [2.45, 2.75) is 63.4 Å². The molecule has 2 atom stereocenters. The fourth-order valence-corrected chi connectivity index (χ4v) is 5.52. The van der Waals surface area contributed by atoms with Crippen LogP contribution in [0.1, 0.15) is 68.6 Å². The molecule has 0 spiro atoms. The molecule has 2 aliphatic carbocycles. The minimum Gasteiger partial charge on any atom is -0.469 e. The van der Waals surface area contributed by atoms with Crippen molar-refractivity contribution in [1.29, 1.82) is 0 Å². The van der Waals surface area contributed by atoms with Crippen LogP contribution < -0.4 is 5.32 Å². The summed E-state index contributed by atoms with van der Waals surface area (Å²) in [5.74, 6) is -0.133. The summed E-state index contributed by atoms with van der Waals surface area (Å²) in [7, 11) is 0. The standard InChI is InChI=1S/C26H26ClNO4/c1-15-23(26(30)32-17-7-2-3-8-17)24(18-9-4-5-10-19(18)27)25-20(28-15)13-16(14-21(25)29)22-11-6-12-31-22/h4-6,9-12,16-17,24,28H,2-3,7-8,13-14H2,1H3/t16-,24+/m0/s1. The molecule has 1 fully saturated rings. The van der Waals surface area contributed by atoms with E-state index in [2.05, 4.69) is 5.32 Å². The van der Waals surface area contributed by atoms with Crippen LogP contribution in [0, 0.1) is 0 Å². The molecule has 0 bridgehead atoms. The molecule has 0 amide bonds. The van der Waals surface area contributed by atoms with Gasteiger partial charge in [0.1, 0.15) is 11.9 Å². The van der Waals surface area contributed by atoms with E-state index in [-0.39, 0.29) is 23.8 Å². The van der Waals surface area contributed by atoms with Crippen molar-refractivity contribution < 1.29 is 18.7 Å². The Morgan fingerprint density at radius 1 is 1.12 bits per heavy atom.